The third-order valence-corrected chi connectivity index (χ3v) is 4.85. The van der Waals surface area contributed by atoms with Crippen molar-refractivity contribution in [1.29, 1.82) is 0 Å². The summed E-state index contributed by atoms with van der Waals surface area (Å²) in [6.45, 7) is -0.340. The van der Waals surface area contributed by atoms with E-state index in [1.807, 2.05) is 6.07 Å². The maximum absolute atomic E-state index is 12.7. The Labute approximate surface area is 197 Å². The second-order valence-electron chi connectivity index (χ2n) is 7.17. The number of carbonyl (C=O) groups is 1. The third kappa shape index (κ3) is 6.38. The van der Waals surface area contributed by atoms with Crippen molar-refractivity contribution in [3.63, 3.8) is 0 Å². The molecule has 3 aromatic carbocycles. The van der Waals surface area contributed by atoms with Crippen molar-refractivity contribution in [2.24, 2.45) is 0 Å². The molecular weight excluding hydrogens is 477 g/mol. The second kappa shape index (κ2) is 10.4. The zero-order valence-corrected chi connectivity index (χ0v) is 18.5. The van der Waals surface area contributed by atoms with Crippen LogP contribution in [0.1, 0.15) is 11.1 Å². The van der Waals surface area contributed by atoms with Crippen LogP contribution in [0.15, 0.2) is 66.7 Å². The smallest absolute Gasteiger partial charge is 0.471 e. The van der Waals surface area contributed by atoms with Crippen LogP contribution in [0.4, 0.5) is 18.9 Å². The summed E-state index contributed by atoms with van der Waals surface area (Å²) < 4.78 is 49.6. The number of rotatable bonds is 8. The summed E-state index contributed by atoms with van der Waals surface area (Å²) in [6.07, 6.45) is -5.02. The Hall–Kier alpha value is -3.79. The highest BCUT2D eigenvalue weighted by molar-refractivity contribution is 6.30. The molecule has 0 N–H and O–H groups in total. The highest BCUT2D eigenvalue weighted by Crippen LogP contribution is 2.36. The lowest BCUT2D eigenvalue weighted by atomic mass is 10.2. The van der Waals surface area contributed by atoms with Crippen molar-refractivity contribution >= 4 is 23.2 Å². The molecule has 178 valence electrons. The number of nitro benzene ring substituents is 1. The number of amides is 1. The summed E-state index contributed by atoms with van der Waals surface area (Å²) >= 11 is 6.02. The normalized spacial score (nSPS) is 11.1. The molecule has 0 unspecified atom stereocenters. The van der Waals surface area contributed by atoms with Gasteiger partial charge >= 0.3 is 17.8 Å². The van der Waals surface area contributed by atoms with Crippen LogP contribution >= 0.6 is 11.6 Å². The fourth-order valence-electron chi connectivity index (χ4n) is 2.98. The van der Waals surface area contributed by atoms with Crippen LogP contribution in [0, 0.1) is 10.1 Å². The molecule has 3 rings (SSSR count). The molecular formula is C23H18ClF3N2O5. The van der Waals surface area contributed by atoms with E-state index in [-0.39, 0.29) is 40.1 Å². The lowest BCUT2D eigenvalue weighted by molar-refractivity contribution is -0.386. The summed E-state index contributed by atoms with van der Waals surface area (Å²) in [5, 5.41) is 11.6. The van der Waals surface area contributed by atoms with Gasteiger partial charge in [0.15, 0.2) is 0 Å². The number of nitro groups is 1. The van der Waals surface area contributed by atoms with Crippen molar-refractivity contribution in [2.45, 2.75) is 19.3 Å². The molecule has 0 spiro atoms. The summed E-state index contributed by atoms with van der Waals surface area (Å²) in [4.78, 5) is 22.8. The molecule has 0 aliphatic heterocycles. The zero-order valence-electron chi connectivity index (χ0n) is 17.7. The molecule has 11 heteroatoms. The Morgan fingerprint density at radius 2 is 1.76 bits per heavy atom. The minimum Gasteiger partial charge on any atom is -0.482 e. The fourth-order valence-corrected chi connectivity index (χ4v) is 3.15. The lowest BCUT2D eigenvalue weighted by Crippen LogP contribution is -2.38. The average molecular weight is 495 g/mol. The standard InChI is InChI=1S/C23H18ClF3N2O5/c1-28(22(30)23(25,26)27)13-16-7-8-17(24)11-20(16)34-18-9-10-19(29(31)32)21(12-18)33-14-15-5-3-2-4-6-15/h2-12H,13-14H2,1H3. The summed E-state index contributed by atoms with van der Waals surface area (Å²) in [6, 6.07) is 17.1. The van der Waals surface area contributed by atoms with E-state index in [1.165, 1.54) is 36.4 Å². The summed E-state index contributed by atoms with van der Waals surface area (Å²) in [5.41, 5.74) is 0.748. The molecule has 0 atom stereocenters. The Balaban J connectivity index is 1.86. The van der Waals surface area contributed by atoms with Crippen LogP contribution in [0.2, 0.25) is 5.02 Å². The fraction of sp³-hybridized carbons (Fsp3) is 0.174. The van der Waals surface area contributed by atoms with Crippen LogP contribution in [0.5, 0.6) is 17.2 Å². The van der Waals surface area contributed by atoms with Crippen LogP contribution in [0.3, 0.4) is 0 Å². The molecule has 3 aromatic rings. The van der Waals surface area contributed by atoms with Crippen LogP contribution in [0.25, 0.3) is 0 Å². The van der Waals surface area contributed by atoms with Gasteiger partial charge in [-0.2, -0.15) is 13.2 Å². The van der Waals surface area contributed by atoms with Gasteiger partial charge in [0, 0.05) is 36.3 Å². The van der Waals surface area contributed by atoms with Crippen molar-refractivity contribution < 1.29 is 32.4 Å². The molecule has 0 aromatic heterocycles. The molecule has 0 saturated carbocycles. The minimum atomic E-state index is -5.02. The van der Waals surface area contributed by atoms with Crippen LogP contribution in [-0.2, 0) is 17.9 Å². The van der Waals surface area contributed by atoms with Gasteiger partial charge in [-0.15, -0.1) is 0 Å². The quantitative estimate of drug-likeness (QED) is 0.277. The van der Waals surface area contributed by atoms with Gasteiger partial charge in [-0.05, 0) is 23.8 Å². The maximum Gasteiger partial charge on any atom is 0.471 e. The maximum atomic E-state index is 12.7. The van der Waals surface area contributed by atoms with E-state index < -0.39 is 23.6 Å². The molecule has 7 nitrogen and oxygen atoms in total. The van der Waals surface area contributed by atoms with Crippen LogP contribution < -0.4 is 9.47 Å². The highest BCUT2D eigenvalue weighted by atomic mass is 35.5. The predicted molar refractivity (Wildman–Crippen MR) is 118 cm³/mol. The Morgan fingerprint density at radius 1 is 1.06 bits per heavy atom. The van der Waals surface area contributed by atoms with Crippen molar-refractivity contribution in [3.05, 3.63) is 93.0 Å². The number of carbonyl (C=O) groups excluding carboxylic acids is 1. The number of nitrogens with zero attached hydrogens (tertiary/aromatic N) is 2. The first kappa shape index (κ1) is 24.8. The SMILES string of the molecule is CN(Cc1ccc(Cl)cc1Oc1ccc([N+](=O)[O-])c(OCc2ccccc2)c1)C(=O)C(F)(F)F. The number of ether oxygens (including phenoxy) is 2. The van der Waals surface area contributed by atoms with E-state index in [1.54, 1.807) is 24.3 Å². The van der Waals surface area contributed by atoms with Gasteiger partial charge in [-0.25, -0.2) is 0 Å². The number of hydrogen-bond acceptors (Lipinski definition) is 5. The Kier molecular flexibility index (Phi) is 7.62. The van der Waals surface area contributed by atoms with Gasteiger partial charge in [0.05, 0.1) is 4.92 Å². The minimum absolute atomic E-state index is 0.0562. The molecule has 0 heterocycles. The molecule has 0 radical (unpaired) electrons. The van der Waals surface area contributed by atoms with Gasteiger partial charge in [0.1, 0.15) is 18.1 Å². The highest BCUT2D eigenvalue weighted by Gasteiger charge is 2.41. The van der Waals surface area contributed by atoms with E-state index >= 15 is 0 Å². The first-order chi connectivity index (χ1) is 16.0. The molecule has 0 aliphatic carbocycles. The van der Waals surface area contributed by atoms with Crippen molar-refractivity contribution in [3.8, 4) is 17.2 Å². The van der Waals surface area contributed by atoms with Gasteiger partial charge in [0.25, 0.3) is 0 Å². The van der Waals surface area contributed by atoms with E-state index in [2.05, 4.69) is 0 Å². The molecule has 34 heavy (non-hydrogen) atoms. The first-order valence-electron chi connectivity index (χ1n) is 9.78. The van der Waals surface area contributed by atoms with Gasteiger partial charge in [0.2, 0.25) is 5.75 Å². The topological polar surface area (TPSA) is 81.9 Å². The molecule has 0 fully saturated rings. The number of hydrogen-bond donors (Lipinski definition) is 0. The molecule has 0 aliphatic rings. The number of halogens is 4. The second-order valence-corrected chi connectivity index (χ2v) is 7.61. The number of alkyl halides is 3. The van der Waals surface area contributed by atoms with Crippen molar-refractivity contribution in [1.82, 2.24) is 4.90 Å². The molecule has 1 amide bonds. The monoisotopic (exact) mass is 494 g/mol. The summed E-state index contributed by atoms with van der Waals surface area (Å²) in [7, 11) is 1.01. The van der Waals surface area contributed by atoms with E-state index in [9.17, 15) is 28.1 Å². The van der Waals surface area contributed by atoms with Crippen molar-refractivity contribution in [2.75, 3.05) is 7.05 Å². The van der Waals surface area contributed by atoms with E-state index in [0.717, 1.165) is 12.6 Å². The van der Waals surface area contributed by atoms with Gasteiger partial charge < -0.3 is 14.4 Å². The van der Waals surface area contributed by atoms with Gasteiger partial charge in [-0.3, -0.25) is 14.9 Å². The zero-order chi connectivity index (χ0) is 24.9. The first-order valence-corrected chi connectivity index (χ1v) is 10.2. The van der Waals surface area contributed by atoms with Gasteiger partial charge in [-0.1, -0.05) is 48.0 Å². The lowest BCUT2D eigenvalue weighted by Gasteiger charge is -2.20. The predicted octanol–water partition coefficient (Wildman–Crippen LogP) is 6.14. The average Bonchev–Trinajstić information content (AvgIpc) is 2.79. The van der Waals surface area contributed by atoms with Crippen LogP contribution in [-0.4, -0.2) is 29.0 Å². The molecule has 0 saturated heterocycles. The van der Waals surface area contributed by atoms with E-state index in [0.29, 0.717) is 4.90 Å². The molecule has 0 bridgehead atoms. The van der Waals surface area contributed by atoms with E-state index in [4.69, 9.17) is 21.1 Å². The Bertz CT molecular complexity index is 1190. The number of benzene rings is 3. The Morgan fingerprint density at radius 3 is 2.41 bits per heavy atom. The largest absolute Gasteiger partial charge is 0.482 e. The third-order valence-electron chi connectivity index (χ3n) is 4.62. The summed E-state index contributed by atoms with van der Waals surface area (Å²) in [5.74, 6) is -1.86.